The van der Waals surface area contributed by atoms with Crippen molar-refractivity contribution in [2.24, 2.45) is 28.1 Å². The van der Waals surface area contributed by atoms with Gasteiger partial charge in [-0.05, 0) is 73.7 Å². The summed E-state index contributed by atoms with van der Waals surface area (Å²) in [7, 11) is -0.578. The number of rotatable bonds is 5. The number of esters is 2. The maximum Gasteiger partial charge on any atom is 0.316 e. The molecule has 1 saturated carbocycles. The quantitative estimate of drug-likeness (QED) is 0.214. The van der Waals surface area contributed by atoms with E-state index in [4.69, 9.17) is 18.6 Å². The lowest BCUT2D eigenvalue weighted by atomic mass is 9.42. The van der Waals surface area contributed by atoms with Gasteiger partial charge in [-0.1, -0.05) is 58.4 Å². The molecule has 2 aliphatic heterocycles. The molecule has 232 valence electrons. The Morgan fingerprint density at radius 2 is 1.72 bits per heavy atom. The zero-order valence-electron chi connectivity index (χ0n) is 27.2. The van der Waals surface area contributed by atoms with Crippen LogP contribution in [0, 0.1) is 28.1 Å². The number of fused-ring (bicyclic) bond motifs is 4. The molecule has 2 saturated heterocycles. The van der Waals surface area contributed by atoms with Crippen molar-refractivity contribution in [1.82, 2.24) is 0 Å². The zero-order valence-corrected chi connectivity index (χ0v) is 28.2. The van der Waals surface area contributed by atoms with E-state index in [2.05, 4.69) is 72.0 Å². The van der Waals surface area contributed by atoms with Crippen LogP contribution in [-0.4, -0.2) is 51.5 Å². The van der Waals surface area contributed by atoms with Crippen LogP contribution >= 0.6 is 0 Å². The van der Waals surface area contributed by atoms with Crippen LogP contribution in [-0.2, 0) is 28.6 Å². The largest absolute Gasteiger partial charge is 0.544 e. The van der Waals surface area contributed by atoms with Crippen molar-refractivity contribution in [2.45, 2.75) is 104 Å². The van der Waals surface area contributed by atoms with Gasteiger partial charge in [0.1, 0.15) is 18.0 Å². The summed E-state index contributed by atoms with van der Waals surface area (Å²) >= 11 is 0. The highest BCUT2D eigenvalue weighted by Gasteiger charge is 2.77. The van der Waals surface area contributed by atoms with E-state index < -0.39 is 48.6 Å². The minimum atomic E-state index is -1.96. The van der Waals surface area contributed by atoms with Crippen LogP contribution in [0.25, 0.3) is 0 Å². The molecule has 0 spiro atoms. The molecule has 0 radical (unpaired) electrons. The van der Waals surface area contributed by atoms with E-state index in [1.807, 2.05) is 13.8 Å². The van der Waals surface area contributed by atoms with Gasteiger partial charge in [-0.15, -0.1) is 0 Å². The standard InChI is InChI=1S/C35H46O7Si/c1-19-22(20-11-13-21(14-12-20)42-43(9,10)32(2,3)4)17-23-27(19)35(7)24(18-26(37)39-8)34(6)25(36)15-16-33(5)29(34)28(30(35)40-23)41-31(33)38/h11-16,22-24,28-30H,17-18H2,1-10H3/t22-,23+,24?,28+,29-,30+,33+,34-,35+/m0/s1. The van der Waals surface area contributed by atoms with Crippen molar-refractivity contribution in [2.75, 3.05) is 7.11 Å². The van der Waals surface area contributed by atoms with Crippen LogP contribution in [0.15, 0.2) is 47.6 Å². The fourth-order valence-electron chi connectivity index (χ4n) is 9.15. The summed E-state index contributed by atoms with van der Waals surface area (Å²) in [6.07, 6.45) is 2.83. The van der Waals surface area contributed by atoms with Crippen molar-refractivity contribution in [3.05, 3.63) is 53.1 Å². The van der Waals surface area contributed by atoms with Gasteiger partial charge >= 0.3 is 11.9 Å². The Morgan fingerprint density at radius 1 is 1.07 bits per heavy atom. The summed E-state index contributed by atoms with van der Waals surface area (Å²) in [4.78, 5) is 40.3. The molecule has 0 amide bonds. The maximum atomic E-state index is 13.9. The first-order valence-electron chi connectivity index (χ1n) is 15.6. The second-order valence-corrected chi connectivity index (χ2v) is 20.3. The second kappa shape index (κ2) is 9.40. The highest BCUT2D eigenvalue weighted by molar-refractivity contribution is 6.74. The predicted molar refractivity (Wildman–Crippen MR) is 165 cm³/mol. The number of methoxy groups -OCH3 is 1. The molecule has 7 nitrogen and oxygen atoms in total. The van der Waals surface area contributed by atoms with Gasteiger partial charge in [0.2, 0.25) is 8.32 Å². The Labute approximate surface area is 256 Å². The number of carbonyl (C=O) groups excluding carboxylic acids is 3. The lowest BCUT2D eigenvalue weighted by Gasteiger charge is -2.59. The fraction of sp³-hybridized carbons (Fsp3) is 0.629. The normalized spacial score (nSPS) is 39.8. The van der Waals surface area contributed by atoms with Crippen LogP contribution in [0.2, 0.25) is 18.1 Å². The first-order valence-corrected chi connectivity index (χ1v) is 18.5. The summed E-state index contributed by atoms with van der Waals surface area (Å²) in [6.45, 7) is 19.3. The summed E-state index contributed by atoms with van der Waals surface area (Å²) in [6, 6.07) is 8.46. The number of hydrogen-bond donors (Lipinski definition) is 0. The molecule has 0 aromatic heterocycles. The fourth-order valence-corrected chi connectivity index (χ4v) is 10.2. The number of allylic oxidation sites excluding steroid dienone is 2. The van der Waals surface area contributed by atoms with E-state index in [-0.39, 0.29) is 41.2 Å². The van der Waals surface area contributed by atoms with Gasteiger partial charge in [-0.2, -0.15) is 0 Å². The van der Waals surface area contributed by atoms with E-state index in [1.54, 1.807) is 6.08 Å². The molecule has 3 aliphatic carbocycles. The number of benzene rings is 1. The molecular formula is C35H46O7Si. The Balaban J connectivity index is 1.42. The minimum absolute atomic E-state index is 0.0596. The smallest absolute Gasteiger partial charge is 0.316 e. The average Bonchev–Trinajstić information content (AvgIpc) is 3.51. The third-order valence-corrected chi connectivity index (χ3v) is 16.8. The van der Waals surface area contributed by atoms with Gasteiger partial charge < -0.3 is 18.6 Å². The number of ether oxygens (including phenoxy) is 3. The molecule has 0 bridgehead atoms. The Bertz CT molecular complexity index is 1450. The molecule has 0 N–H and O–H groups in total. The van der Waals surface area contributed by atoms with Crippen LogP contribution in [0.3, 0.4) is 0 Å². The Kier molecular flexibility index (Phi) is 6.63. The molecule has 1 aromatic carbocycles. The third kappa shape index (κ3) is 3.97. The molecule has 1 unspecified atom stereocenters. The van der Waals surface area contributed by atoms with Crippen LogP contribution in [0.4, 0.5) is 0 Å². The number of hydrogen-bond acceptors (Lipinski definition) is 7. The van der Waals surface area contributed by atoms with E-state index in [0.717, 1.165) is 17.7 Å². The van der Waals surface area contributed by atoms with Gasteiger partial charge in [-0.25, -0.2) is 0 Å². The highest BCUT2D eigenvalue weighted by Crippen LogP contribution is 2.72. The SMILES string of the molecule is COC(=O)CC1[C@]2(C)C3=C(C)[C@@H](c4ccc(O[Si](C)(C)C(C)(C)C)cc4)C[C@H]3O[C@@H]2[C@@H]2OC(=O)[C@]3(C)C=CC(=O)[C@@]1(C)[C@@H]23. The molecule has 5 aliphatic rings. The van der Waals surface area contributed by atoms with Crippen molar-refractivity contribution >= 4 is 26.0 Å². The van der Waals surface area contributed by atoms with Gasteiger partial charge in [-0.3, -0.25) is 14.4 Å². The van der Waals surface area contributed by atoms with Gasteiger partial charge in [0.25, 0.3) is 0 Å². The van der Waals surface area contributed by atoms with Crippen molar-refractivity contribution < 1.29 is 33.0 Å². The van der Waals surface area contributed by atoms with Gasteiger partial charge in [0.05, 0.1) is 25.0 Å². The van der Waals surface area contributed by atoms with Crippen molar-refractivity contribution in [3.8, 4) is 5.75 Å². The van der Waals surface area contributed by atoms with Crippen molar-refractivity contribution in [3.63, 3.8) is 0 Å². The molecule has 1 aromatic rings. The Morgan fingerprint density at radius 3 is 2.33 bits per heavy atom. The van der Waals surface area contributed by atoms with E-state index in [1.165, 1.54) is 24.3 Å². The molecule has 8 heteroatoms. The average molecular weight is 607 g/mol. The Hall–Kier alpha value is -2.71. The molecule has 9 atom stereocenters. The van der Waals surface area contributed by atoms with E-state index >= 15 is 0 Å². The van der Waals surface area contributed by atoms with E-state index in [9.17, 15) is 14.4 Å². The second-order valence-electron chi connectivity index (χ2n) is 15.6. The monoisotopic (exact) mass is 606 g/mol. The topological polar surface area (TPSA) is 88.1 Å². The lowest BCUT2D eigenvalue weighted by Crippen LogP contribution is -2.66. The summed E-state index contributed by atoms with van der Waals surface area (Å²) < 4.78 is 24.7. The molecule has 2 heterocycles. The number of carbonyl (C=O) groups is 3. The third-order valence-electron chi connectivity index (χ3n) is 12.4. The number of ketones is 1. The minimum Gasteiger partial charge on any atom is -0.544 e. The first kappa shape index (κ1) is 30.3. The van der Waals surface area contributed by atoms with E-state index in [0.29, 0.717) is 0 Å². The summed E-state index contributed by atoms with van der Waals surface area (Å²) in [5.41, 5.74) is 0.870. The van der Waals surface area contributed by atoms with Gasteiger partial charge in [0.15, 0.2) is 5.78 Å². The molecule has 3 fully saturated rings. The van der Waals surface area contributed by atoms with Crippen LogP contribution in [0.1, 0.15) is 72.8 Å². The molecule has 43 heavy (non-hydrogen) atoms. The maximum absolute atomic E-state index is 13.9. The highest BCUT2D eigenvalue weighted by atomic mass is 28.4. The van der Waals surface area contributed by atoms with Crippen molar-refractivity contribution in [1.29, 1.82) is 0 Å². The summed E-state index contributed by atoms with van der Waals surface area (Å²) in [5, 5.41) is 0.107. The first-order chi connectivity index (χ1) is 19.9. The predicted octanol–water partition coefficient (Wildman–Crippen LogP) is 6.53. The molecular weight excluding hydrogens is 560 g/mol. The van der Waals surface area contributed by atoms with Crippen LogP contribution < -0.4 is 4.43 Å². The summed E-state index contributed by atoms with van der Waals surface area (Å²) in [5.74, 6) is -0.611. The van der Waals surface area contributed by atoms with Gasteiger partial charge in [0, 0.05) is 22.7 Å². The van der Waals surface area contributed by atoms with Crippen LogP contribution in [0.5, 0.6) is 5.75 Å². The zero-order chi connectivity index (χ0) is 31.5. The lowest BCUT2D eigenvalue weighted by molar-refractivity contribution is -0.190. The molecule has 6 rings (SSSR count).